The third-order valence-corrected chi connectivity index (χ3v) is 8.12. The Labute approximate surface area is 119 Å². The van der Waals surface area contributed by atoms with Crippen LogP contribution in [0.15, 0.2) is 0 Å². The summed E-state index contributed by atoms with van der Waals surface area (Å²) in [5, 5.41) is 0. The van der Waals surface area contributed by atoms with Gasteiger partial charge in [0.1, 0.15) is 0 Å². The van der Waals surface area contributed by atoms with Crippen LogP contribution in [0.25, 0.3) is 0 Å². The van der Waals surface area contributed by atoms with Crippen LogP contribution in [0.3, 0.4) is 0 Å². The Morgan fingerprint density at radius 2 is 1.74 bits per heavy atom. The second-order valence-electron chi connectivity index (χ2n) is 8.45. The van der Waals surface area contributed by atoms with Crippen molar-refractivity contribution in [1.82, 2.24) is 0 Å². The second kappa shape index (κ2) is 4.50. The molecule has 0 aromatic heterocycles. The minimum atomic E-state index is 1.07. The van der Waals surface area contributed by atoms with Crippen molar-refractivity contribution in [3.05, 3.63) is 0 Å². The van der Waals surface area contributed by atoms with Crippen LogP contribution >= 0.6 is 0 Å². The van der Waals surface area contributed by atoms with Gasteiger partial charge in [-0.3, -0.25) is 0 Å². The van der Waals surface area contributed by atoms with Crippen molar-refractivity contribution in [3.63, 3.8) is 0 Å². The number of fused-ring (bicyclic) bond motifs is 9. The van der Waals surface area contributed by atoms with Crippen LogP contribution < -0.4 is 0 Å². The average molecular weight is 260 g/mol. The lowest BCUT2D eigenvalue weighted by Gasteiger charge is -2.44. The van der Waals surface area contributed by atoms with Crippen LogP contribution in [-0.2, 0) is 0 Å². The van der Waals surface area contributed by atoms with E-state index in [-0.39, 0.29) is 0 Å². The fourth-order valence-corrected chi connectivity index (χ4v) is 7.57. The lowest BCUT2D eigenvalue weighted by Crippen LogP contribution is -2.39. The highest BCUT2D eigenvalue weighted by molar-refractivity contribution is 5.14. The predicted molar refractivity (Wildman–Crippen MR) is 80.8 cm³/mol. The summed E-state index contributed by atoms with van der Waals surface area (Å²) in [6.07, 6.45) is 10.8. The molecule has 0 N–H and O–H groups in total. The van der Waals surface area contributed by atoms with E-state index >= 15 is 0 Å². The van der Waals surface area contributed by atoms with Gasteiger partial charge in [-0.2, -0.15) is 0 Å². The quantitative estimate of drug-likeness (QED) is 0.596. The Balaban J connectivity index is 1.56. The van der Waals surface area contributed by atoms with E-state index in [0.29, 0.717) is 0 Å². The van der Waals surface area contributed by atoms with Gasteiger partial charge in [-0.15, -0.1) is 0 Å². The summed E-state index contributed by atoms with van der Waals surface area (Å²) in [6, 6.07) is 0. The Morgan fingerprint density at radius 1 is 0.895 bits per heavy atom. The smallest absolute Gasteiger partial charge is 0.0318 e. The van der Waals surface area contributed by atoms with Gasteiger partial charge >= 0.3 is 0 Å². The van der Waals surface area contributed by atoms with E-state index in [1.807, 2.05) is 0 Å². The molecule has 108 valence electrons. The molecule has 0 aromatic carbocycles. The van der Waals surface area contributed by atoms with Gasteiger partial charge in [0.05, 0.1) is 0 Å². The molecule has 4 rings (SSSR count). The van der Waals surface area contributed by atoms with E-state index in [2.05, 4.69) is 20.8 Å². The van der Waals surface area contributed by atoms with Gasteiger partial charge in [0.15, 0.2) is 0 Å². The molecule has 0 heterocycles. The summed E-state index contributed by atoms with van der Waals surface area (Å²) in [4.78, 5) is 0. The van der Waals surface area contributed by atoms with Crippen LogP contribution in [0.1, 0.15) is 65.7 Å². The van der Waals surface area contributed by atoms with E-state index in [9.17, 15) is 0 Å². The first-order valence-corrected chi connectivity index (χ1v) is 9.26. The van der Waals surface area contributed by atoms with Gasteiger partial charge in [-0.05, 0) is 78.9 Å². The number of hydrogen-bond donors (Lipinski definition) is 0. The summed E-state index contributed by atoms with van der Waals surface area (Å²) < 4.78 is 0. The van der Waals surface area contributed by atoms with Crippen molar-refractivity contribution in [2.45, 2.75) is 65.7 Å². The fourth-order valence-electron chi connectivity index (χ4n) is 7.57. The van der Waals surface area contributed by atoms with Crippen LogP contribution in [0.5, 0.6) is 0 Å². The van der Waals surface area contributed by atoms with E-state index in [1.165, 1.54) is 31.1 Å². The Bertz CT molecular complexity index is 346. The van der Waals surface area contributed by atoms with Crippen molar-refractivity contribution in [2.75, 3.05) is 0 Å². The monoisotopic (exact) mass is 260 g/mol. The second-order valence-corrected chi connectivity index (χ2v) is 8.45. The van der Waals surface area contributed by atoms with E-state index in [0.717, 1.165) is 41.4 Å². The molecule has 0 spiro atoms. The third-order valence-electron chi connectivity index (χ3n) is 8.12. The molecule has 9 atom stereocenters. The lowest BCUT2D eigenvalue weighted by atomic mass is 9.61. The summed E-state index contributed by atoms with van der Waals surface area (Å²) >= 11 is 0. The maximum Gasteiger partial charge on any atom is -0.0318 e. The summed E-state index contributed by atoms with van der Waals surface area (Å²) in [7, 11) is 0. The molecule has 4 aliphatic carbocycles. The Hall–Kier alpha value is 0. The van der Waals surface area contributed by atoms with Crippen molar-refractivity contribution in [1.29, 1.82) is 0 Å². The first-order valence-electron chi connectivity index (χ1n) is 9.26. The molecular weight excluding hydrogens is 228 g/mol. The third kappa shape index (κ3) is 1.58. The molecule has 0 nitrogen and oxygen atoms in total. The van der Waals surface area contributed by atoms with Crippen molar-refractivity contribution in [3.8, 4) is 0 Å². The lowest BCUT2D eigenvalue weighted by molar-refractivity contribution is 0.0351. The van der Waals surface area contributed by atoms with Crippen LogP contribution in [0.2, 0.25) is 0 Å². The topological polar surface area (TPSA) is 0 Å². The molecular formula is C19H32. The minimum Gasteiger partial charge on any atom is -0.0654 e. The zero-order chi connectivity index (χ0) is 13.1. The minimum absolute atomic E-state index is 1.07. The maximum atomic E-state index is 2.62. The van der Waals surface area contributed by atoms with Crippen LogP contribution in [-0.4, -0.2) is 0 Å². The summed E-state index contributed by atoms with van der Waals surface area (Å²) in [5.41, 5.74) is 0. The van der Waals surface area contributed by atoms with Gasteiger partial charge in [-0.1, -0.05) is 40.0 Å². The van der Waals surface area contributed by atoms with Crippen molar-refractivity contribution < 1.29 is 0 Å². The standard InChI is InChI=1S/C19H32/c1-4-6-7-14-11(3)15-10-17(14)19-16-9-13(18(15)19)8-12(16)5-2/h11-19H,4-10H2,1-3H3. The van der Waals surface area contributed by atoms with Crippen LogP contribution in [0, 0.1) is 53.3 Å². The first-order chi connectivity index (χ1) is 9.26. The highest BCUT2D eigenvalue weighted by Gasteiger charge is 2.65. The van der Waals surface area contributed by atoms with Crippen molar-refractivity contribution >= 4 is 0 Å². The van der Waals surface area contributed by atoms with Crippen LogP contribution in [0.4, 0.5) is 0 Å². The largest absolute Gasteiger partial charge is 0.0654 e. The Morgan fingerprint density at radius 3 is 2.47 bits per heavy atom. The van der Waals surface area contributed by atoms with Gasteiger partial charge in [0, 0.05) is 0 Å². The number of hydrogen-bond acceptors (Lipinski definition) is 0. The normalized spacial score (nSPS) is 57.9. The number of unbranched alkanes of at least 4 members (excludes halogenated alkanes) is 1. The van der Waals surface area contributed by atoms with Gasteiger partial charge < -0.3 is 0 Å². The zero-order valence-corrected chi connectivity index (χ0v) is 13.1. The van der Waals surface area contributed by atoms with E-state index < -0.39 is 0 Å². The van der Waals surface area contributed by atoms with E-state index in [1.54, 1.807) is 25.7 Å². The van der Waals surface area contributed by atoms with E-state index in [4.69, 9.17) is 0 Å². The number of rotatable bonds is 4. The van der Waals surface area contributed by atoms with Gasteiger partial charge in [-0.25, -0.2) is 0 Å². The maximum absolute atomic E-state index is 2.62. The highest BCUT2D eigenvalue weighted by atomic mass is 14.7. The fraction of sp³-hybridized carbons (Fsp3) is 1.00. The van der Waals surface area contributed by atoms with Crippen molar-refractivity contribution in [2.24, 2.45) is 53.3 Å². The molecule has 0 heteroatoms. The molecule has 4 aliphatic rings. The molecule has 4 saturated carbocycles. The molecule has 19 heavy (non-hydrogen) atoms. The Kier molecular flexibility index (Phi) is 3.01. The highest BCUT2D eigenvalue weighted by Crippen LogP contribution is 2.72. The molecule has 4 fully saturated rings. The SMILES string of the molecule is CCCCC1C(C)C2CC1C1C3CC(CC3CC)C21. The summed E-state index contributed by atoms with van der Waals surface area (Å²) in [6.45, 7) is 7.43. The molecule has 9 unspecified atom stereocenters. The summed E-state index contributed by atoms with van der Waals surface area (Å²) in [5.74, 6) is 10.3. The molecule has 4 bridgehead atoms. The first kappa shape index (κ1) is 12.7. The zero-order valence-electron chi connectivity index (χ0n) is 13.1. The molecule has 0 saturated heterocycles. The molecule has 0 aliphatic heterocycles. The van der Waals surface area contributed by atoms with Gasteiger partial charge in [0.2, 0.25) is 0 Å². The predicted octanol–water partition coefficient (Wildman–Crippen LogP) is 5.38. The molecule has 0 aromatic rings. The van der Waals surface area contributed by atoms with Gasteiger partial charge in [0.25, 0.3) is 0 Å². The molecule has 0 amide bonds. The average Bonchev–Trinajstić information content (AvgIpc) is 3.13. The molecule has 0 radical (unpaired) electrons.